The molecule has 0 aliphatic rings. The number of methoxy groups -OCH3 is 1. The summed E-state index contributed by atoms with van der Waals surface area (Å²) < 4.78 is 28.5. The Kier molecular flexibility index (Phi) is 5.03. The summed E-state index contributed by atoms with van der Waals surface area (Å²) in [4.78, 5) is 20.4. The van der Waals surface area contributed by atoms with Crippen molar-refractivity contribution in [1.29, 1.82) is 0 Å². The van der Waals surface area contributed by atoms with Gasteiger partial charge < -0.3 is 9.84 Å². The lowest BCUT2D eigenvalue weighted by Gasteiger charge is -2.08. The Bertz CT molecular complexity index is 624. The van der Waals surface area contributed by atoms with E-state index >= 15 is 0 Å². The highest BCUT2D eigenvalue weighted by molar-refractivity contribution is 7.90. The number of nitrogens with zero attached hydrogens (tertiary/aromatic N) is 1. The average Bonchev–Trinajstić information content (AvgIpc) is 2.36. The molecular weight excluding hydrogens is 290 g/mol. The first-order chi connectivity index (χ1) is 9.25. The molecule has 1 aromatic carbocycles. The summed E-state index contributed by atoms with van der Waals surface area (Å²) in [6.45, 7) is 0. The molecule has 110 valence electrons. The summed E-state index contributed by atoms with van der Waals surface area (Å²) in [5.41, 5.74) is -0.124. The SMILES string of the molecule is COc1ccc([N+](=O)[O-])cc1CS(=O)(=O)CCC(=O)O. The molecule has 0 fully saturated rings. The third kappa shape index (κ3) is 4.50. The van der Waals surface area contributed by atoms with Crippen LogP contribution in [0.25, 0.3) is 0 Å². The van der Waals surface area contributed by atoms with Gasteiger partial charge in [-0.2, -0.15) is 0 Å². The molecule has 0 spiro atoms. The zero-order valence-corrected chi connectivity index (χ0v) is 11.4. The second-order valence-corrected chi connectivity index (χ2v) is 6.17. The van der Waals surface area contributed by atoms with Crippen LogP contribution >= 0.6 is 0 Å². The molecule has 0 heterocycles. The van der Waals surface area contributed by atoms with E-state index in [-0.39, 0.29) is 17.0 Å². The Hall–Kier alpha value is -2.16. The number of non-ortho nitro benzene ring substituents is 1. The van der Waals surface area contributed by atoms with Crippen molar-refractivity contribution in [2.75, 3.05) is 12.9 Å². The molecule has 1 N–H and O–H groups in total. The molecule has 0 aliphatic heterocycles. The zero-order chi connectivity index (χ0) is 15.3. The molecule has 0 atom stereocenters. The number of benzene rings is 1. The summed E-state index contributed by atoms with van der Waals surface area (Å²) in [7, 11) is -2.37. The van der Waals surface area contributed by atoms with Crippen molar-refractivity contribution in [3.63, 3.8) is 0 Å². The van der Waals surface area contributed by atoms with Crippen LogP contribution in [0.15, 0.2) is 18.2 Å². The second-order valence-electron chi connectivity index (χ2n) is 3.99. The lowest BCUT2D eigenvalue weighted by Crippen LogP contribution is -2.13. The fourth-order valence-corrected chi connectivity index (χ4v) is 2.87. The number of sulfone groups is 1. The van der Waals surface area contributed by atoms with Crippen LogP contribution in [0.2, 0.25) is 0 Å². The highest BCUT2D eigenvalue weighted by atomic mass is 32.2. The van der Waals surface area contributed by atoms with Gasteiger partial charge in [-0.05, 0) is 6.07 Å². The largest absolute Gasteiger partial charge is 0.496 e. The number of aliphatic carboxylic acids is 1. The van der Waals surface area contributed by atoms with E-state index in [9.17, 15) is 23.3 Å². The monoisotopic (exact) mass is 303 g/mol. The van der Waals surface area contributed by atoms with Crippen LogP contribution < -0.4 is 4.74 Å². The summed E-state index contributed by atoms with van der Waals surface area (Å²) in [6.07, 6.45) is -0.514. The van der Waals surface area contributed by atoms with Gasteiger partial charge in [0.1, 0.15) is 5.75 Å². The molecule has 20 heavy (non-hydrogen) atoms. The van der Waals surface area contributed by atoms with E-state index < -0.39 is 38.7 Å². The van der Waals surface area contributed by atoms with E-state index in [0.717, 1.165) is 6.07 Å². The third-order valence-electron chi connectivity index (χ3n) is 2.48. The van der Waals surface area contributed by atoms with Crippen LogP contribution in [0.5, 0.6) is 5.75 Å². The maximum Gasteiger partial charge on any atom is 0.304 e. The van der Waals surface area contributed by atoms with E-state index in [1.54, 1.807) is 0 Å². The van der Waals surface area contributed by atoms with Crippen LogP contribution in [-0.4, -0.2) is 37.3 Å². The molecule has 9 heteroatoms. The summed E-state index contributed by atoms with van der Waals surface area (Å²) in [5, 5.41) is 19.2. The van der Waals surface area contributed by atoms with Gasteiger partial charge in [0.2, 0.25) is 0 Å². The number of nitro groups is 1. The van der Waals surface area contributed by atoms with Crippen LogP contribution in [0, 0.1) is 10.1 Å². The van der Waals surface area contributed by atoms with Crippen molar-refractivity contribution in [2.24, 2.45) is 0 Å². The van der Waals surface area contributed by atoms with E-state index in [1.807, 2.05) is 0 Å². The van der Waals surface area contributed by atoms with Crippen LogP contribution in [-0.2, 0) is 20.4 Å². The normalized spacial score (nSPS) is 11.1. The highest BCUT2D eigenvalue weighted by Crippen LogP contribution is 2.26. The summed E-state index contributed by atoms with van der Waals surface area (Å²) in [5.74, 6) is -2.06. The molecule has 1 aromatic rings. The fraction of sp³-hybridized carbons (Fsp3) is 0.364. The Morgan fingerprint density at radius 1 is 1.45 bits per heavy atom. The Morgan fingerprint density at radius 2 is 2.10 bits per heavy atom. The van der Waals surface area contributed by atoms with E-state index in [4.69, 9.17) is 9.84 Å². The number of nitro benzene ring substituents is 1. The van der Waals surface area contributed by atoms with Crippen molar-refractivity contribution >= 4 is 21.5 Å². The van der Waals surface area contributed by atoms with Crippen molar-refractivity contribution in [3.8, 4) is 5.75 Å². The number of ether oxygens (including phenoxy) is 1. The average molecular weight is 303 g/mol. The van der Waals surface area contributed by atoms with Gasteiger partial charge >= 0.3 is 5.97 Å². The van der Waals surface area contributed by atoms with Crippen molar-refractivity contribution in [2.45, 2.75) is 12.2 Å². The molecule has 0 radical (unpaired) electrons. The lowest BCUT2D eigenvalue weighted by atomic mass is 10.2. The third-order valence-corrected chi connectivity index (χ3v) is 4.05. The van der Waals surface area contributed by atoms with E-state index in [2.05, 4.69) is 0 Å². The number of hydrogen-bond donors (Lipinski definition) is 1. The van der Waals surface area contributed by atoms with Crippen molar-refractivity contribution in [1.82, 2.24) is 0 Å². The van der Waals surface area contributed by atoms with E-state index in [0.29, 0.717) is 0 Å². The topological polar surface area (TPSA) is 124 Å². The van der Waals surface area contributed by atoms with Gasteiger partial charge in [0.25, 0.3) is 5.69 Å². The number of rotatable bonds is 7. The predicted molar refractivity (Wildman–Crippen MR) is 69.4 cm³/mol. The van der Waals surface area contributed by atoms with Gasteiger partial charge in [-0.1, -0.05) is 0 Å². The minimum Gasteiger partial charge on any atom is -0.496 e. The first kappa shape index (κ1) is 15.9. The highest BCUT2D eigenvalue weighted by Gasteiger charge is 2.19. The first-order valence-corrected chi connectivity index (χ1v) is 7.31. The smallest absolute Gasteiger partial charge is 0.304 e. The van der Waals surface area contributed by atoms with Crippen LogP contribution in [0.3, 0.4) is 0 Å². The molecule has 0 unspecified atom stereocenters. The van der Waals surface area contributed by atoms with Crippen molar-refractivity contribution < 1.29 is 28.0 Å². The van der Waals surface area contributed by atoms with Crippen LogP contribution in [0.4, 0.5) is 5.69 Å². The summed E-state index contributed by atoms with van der Waals surface area (Å²) >= 11 is 0. The molecule has 0 saturated carbocycles. The Labute approximate surface area is 115 Å². The van der Waals surface area contributed by atoms with Gasteiger partial charge in [0, 0.05) is 17.7 Å². The quantitative estimate of drug-likeness (QED) is 0.588. The first-order valence-electron chi connectivity index (χ1n) is 5.48. The predicted octanol–water partition coefficient (Wildman–Crippen LogP) is 0.993. The molecule has 1 rings (SSSR count). The molecule has 0 aliphatic carbocycles. The number of carboxylic acids is 1. The van der Waals surface area contributed by atoms with E-state index in [1.165, 1.54) is 19.2 Å². The summed E-state index contributed by atoms with van der Waals surface area (Å²) in [6, 6.07) is 3.61. The molecule has 8 nitrogen and oxygen atoms in total. The maximum atomic E-state index is 11.8. The second kappa shape index (κ2) is 6.33. The molecule has 0 bridgehead atoms. The number of hydrogen-bond acceptors (Lipinski definition) is 6. The lowest BCUT2D eigenvalue weighted by molar-refractivity contribution is -0.384. The van der Waals surface area contributed by atoms with Crippen LogP contribution in [0.1, 0.15) is 12.0 Å². The van der Waals surface area contributed by atoms with Gasteiger partial charge in [-0.3, -0.25) is 14.9 Å². The van der Waals surface area contributed by atoms with Gasteiger partial charge in [0.15, 0.2) is 9.84 Å². The maximum absolute atomic E-state index is 11.8. The minimum atomic E-state index is -3.69. The fourth-order valence-electron chi connectivity index (χ4n) is 1.54. The molecule has 0 aromatic heterocycles. The van der Waals surface area contributed by atoms with Gasteiger partial charge in [0.05, 0.1) is 30.0 Å². The minimum absolute atomic E-state index is 0.132. The standard InChI is InChI=1S/C11H13NO7S/c1-19-10-3-2-9(12(15)16)6-8(10)7-20(17,18)5-4-11(13)14/h2-3,6H,4-5,7H2,1H3,(H,13,14). The Morgan fingerprint density at radius 3 is 2.60 bits per heavy atom. The Balaban J connectivity index is 3.03. The number of carboxylic acid groups (broad SMARTS) is 1. The zero-order valence-electron chi connectivity index (χ0n) is 10.6. The molecule has 0 amide bonds. The molecule has 0 saturated heterocycles. The van der Waals surface area contributed by atoms with Gasteiger partial charge in [-0.25, -0.2) is 8.42 Å². The molecular formula is C11H13NO7S. The number of carbonyl (C=O) groups is 1. The van der Waals surface area contributed by atoms with Crippen molar-refractivity contribution in [3.05, 3.63) is 33.9 Å². The van der Waals surface area contributed by atoms with Gasteiger partial charge in [-0.15, -0.1) is 0 Å².